The van der Waals surface area contributed by atoms with Gasteiger partial charge in [0.05, 0.1) is 6.54 Å². The molecule has 1 aliphatic heterocycles. The Balaban J connectivity index is 2.10. The molecule has 0 bridgehead atoms. The molecule has 8 heteroatoms. The van der Waals surface area contributed by atoms with Crippen LogP contribution in [0.1, 0.15) is 0 Å². The highest BCUT2D eigenvalue weighted by molar-refractivity contribution is 7.89. The summed E-state index contributed by atoms with van der Waals surface area (Å²) in [5.41, 5.74) is 0. The lowest BCUT2D eigenvalue weighted by atomic mass is 10.3. The maximum atomic E-state index is 13.6. The number of amides is 1. The fourth-order valence-corrected chi connectivity index (χ4v) is 3.29. The van der Waals surface area contributed by atoms with Gasteiger partial charge in [0.25, 0.3) is 0 Å². The number of nitrogens with one attached hydrogen (secondary N) is 1. The Labute approximate surface area is 123 Å². The van der Waals surface area contributed by atoms with Gasteiger partial charge in [-0.25, -0.2) is 12.8 Å². The van der Waals surface area contributed by atoms with Crippen LogP contribution in [-0.4, -0.2) is 63.3 Å². The van der Waals surface area contributed by atoms with E-state index in [9.17, 15) is 17.6 Å². The number of carbonyl (C=O) groups is 1. The predicted molar refractivity (Wildman–Crippen MR) is 75.7 cm³/mol. The van der Waals surface area contributed by atoms with Crippen LogP contribution in [0.25, 0.3) is 0 Å². The van der Waals surface area contributed by atoms with Crippen LogP contribution in [0.2, 0.25) is 0 Å². The molecule has 1 N–H and O–H groups in total. The van der Waals surface area contributed by atoms with E-state index in [2.05, 4.69) is 5.32 Å². The van der Waals surface area contributed by atoms with E-state index in [-0.39, 0.29) is 12.5 Å². The fourth-order valence-electron chi connectivity index (χ4n) is 2.11. The number of piperazine rings is 1. The molecule has 0 unspecified atom stereocenters. The van der Waals surface area contributed by atoms with Crippen LogP contribution in [0.3, 0.4) is 0 Å². The van der Waals surface area contributed by atoms with Crippen molar-refractivity contribution in [3.8, 4) is 0 Å². The lowest BCUT2D eigenvalue weighted by Gasteiger charge is -2.29. The van der Waals surface area contributed by atoms with Crippen molar-refractivity contribution >= 4 is 15.9 Å². The Morgan fingerprint density at radius 2 is 1.95 bits per heavy atom. The van der Waals surface area contributed by atoms with Crippen molar-refractivity contribution in [3.63, 3.8) is 0 Å². The summed E-state index contributed by atoms with van der Waals surface area (Å²) in [5, 5.41) is 3.11. The number of hydrogen-bond acceptors (Lipinski definition) is 4. The number of halogens is 1. The first-order valence-electron chi connectivity index (χ1n) is 6.62. The Morgan fingerprint density at radius 3 is 2.57 bits per heavy atom. The number of rotatable bonds is 4. The molecule has 0 radical (unpaired) electrons. The Hall–Kier alpha value is -1.51. The lowest BCUT2D eigenvalue weighted by molar-refractivity contribution is -0.131. The van der Waals surface area contributed by atoms with Crippen LogP contribution < -0.4 is 5.32 Å². The van der Waals surface area contributed by atoms with Crippen molar-refractivity contribution in [1.82, 2.24) is 14.5 Å². The smallest absolute Gasteiger partial charge is 0.246 e. The minimum atomic E-state index is -4.01. The van der Waals surface area contributed by atoms with E-state index in [4.69, 9.17) is 0 Å². The minimum absolute atomic E-state index is 0.279. The number of sulfonamides is 1. The van der Waals surface area contributed by atoms with Gasteiger partial charge in [0.15, 0.2) is 0 Å². The maximum absolute atomic E-state index is 13.6. The van der Waals surface area contributed by atoms with Gasteiger partial charge in [-0.3, -0.25) is 4.79 Å². The van der Waals surface area contributed by atoms with Crippen molar-refractivity contribution in [1.29, 1.82) is 0 Å². The quantitative estimate of drug-likeness (QED) is 0.841. The van der Waals surface area contributed by atoms with Crippen molar-refractivity contribution in [2.45, 2.75) is 4.90 Å². The zero-order valence-corrected chi connectivity index (χ0v) is 12.6. The van der Waals surface area contributed by atoms with Crippen LogP contribution in [0.15, 0.2) is 29.2 Å². The van der Waals surface area contributed by atoms with Gasteiger partial charge in [-0.1, -0.05) is 12.1 Å². The van der Waals surface area contributed by atoms with Crippen LogP contribution in [0.4, 0.5) is 4.39 Å². The van der Waals surface area contributed by atoms with E-state index < -0.39 is 20.7 Å². The summed E-state index contributed by atoms with van der Waals surface area (Å²) in [5.74, 6) is -1.10. The molecule has 0 saturated carbocycles. The van der Waals surface area contributed by atoms with Gasteiger partial charge in [-0.2, -0.15) is 4.31 Å². The molecule has 21 heavy (non-hydrogen) atoms. The van der Waals surface area contributed by atoms with Crippen molar-refractivity contribution in [2.24, 2.45) is 0 Å². The number of nitrogens with zero attached hydrogens (tertiary/aromatic N) is 2. The van der Waals surface area contributed by atoms with Crippen LogP contribution >= 0.6 is 0 Å². The van der Waals surface area contributed by atoms with Crippen LogP contribution in [0, 0.1) is 5.82 Å². The topological polar surface area (TPSA) is 69.7 Å². The molecule has 1 aliphatic rings. The van der Waals surface area contributed by atoms with Gasteiger partial charge in [-0.15, -0.1) is 0 Å². The highest BCUT2D eigenvalue weighted by Crippen LogP contribution is 2.17. The first kappa shape index (κ1) is 15.9. The summed E-state index contributed by atoms with van der Waals surface area (Å²) >= 11 is 0. The SMILES string of the molecule is CN(CC(=O)N1CCNCC1)S(=O)(=O)c1ccccc1F. The second kappa shape index (κ2) is 6.50. The molecule has 1 saturated heterocycles. The van der Waals surface area contributed by atoms with Gasteiger partial charge in [0.2, 0.25) is 15.9 Å². The Bertz CT molecular complexity index is 615. The van der Waals surface area contributed by atoms with Crippen LogP contribution in [-0.2, 0) is 14.8 Å². The van der Waals surface area contributed by atoms with E-state index in [0.29, 0.717) is 26.2 Å². The van der Waals surface area contributed by atoms with E-state index in [1.54, 1.807) is 4.90 Å². The van der Waals surface area contributed by atoms with Gasteiger partial charge in [0.1, 0.15) is 10.7 Å². The Morgan fingerprint density at radius 1 is 1.33 bits per heavy atom. The Kier molecular flexibility index (Phi) is 4.92. The minimum Gasteiger partial charge on any atom is -0.339 e. The number of likely N-dealkylation sites (N-methyl/N-ethyl adjacent to an activating group) is 1. The first-order chi connectivity index (χ1) is 9.93. The average Bonchev–Trinajstić information content (AvgIpc) is 2.48. The molecule has 1 heterocycles. The first-order valence-corrected chi connectivity index (χ1v) is 8.06. The standard InChI is InChI=1S/C13H18FN3O3S/c1-16(10-13(18)17-8-6-15-7-9-17)21(19,20)12-5-3-2-4-11(12)14/h2-5,15H,6-10H2,1H3. The zero-order valence-electron chi connectivity index (χ0n) is 11.8. The van der Waals surface area contributed by atoms with E-state index in [1.807, 2.05) is 0 Å². The molecule has 1 aromatic rings. The largest absolute Gasteiger partial charge is 0.339 e. The summed E-state index contributed by atoms with van der Waals surface area (Å²) in [7, 11) is -2.73. The monoisotopic (exact) mass is 315 g/mol. The molecule has 2 rings (SSSR count). The van der Waals surface area contributed by atoms with Crippen molar-refractivity contribution in [2.75, 3.05) is 39.8 Å². The second-order valence-corrected chi connectivity index (χ2v) is 6.84. The number of hydrogen-bond donors (Lipinski definition) is 1. The third kappa shape index (κ3) is 3.58. The number of carbonyl (C=O) groups excluding carboxylic acids is 1. The summed E-state index contributed by atoms with van der Waals surface area (Å²) in [6.07, 6.45) is 0. The molecule has 1 aromatic carbocycles. The highest BCUT2D eigenvalue weighted by atomic mass is 32.2. The molecular weight excluding hydrogens is 297 g/mol. The highest BCUT2D eigenvalue weighted by Gasteiger charge is 2.27. The average molecular weight is 315 g/mol. The van der Waals surface area contributed by atoms with Crippen LogP contribution in [0.5, 0.6) is 0 Å². The number of benzene rings is 1. The van der Waals surface area contributed by atoms with E-state index in [1.165, 1.54) is 25.2 Å². The molecule has 6 nitrogen and oxygen atoms in total. The second-order valence-electron chi connectivity index (χ2n) is 4.82. The summed E-state index contributed by atoms with van der Waals surface area (Å²) in [6.45, 7) is 2.18. The third-order valence-corrected chi connectivity index (χ3v) is 5.19. The molecule has 0 spiro atoms. The summed E-state index contributed by atoms with van der Waals surface area (Å²) in [4.78, 5) is 13.3. The van der Waals surface area contributed by atoms with Crippen molar-refractivity contribution in [3.05, 3.63) is 30.1 Å². The van der Waals surface area contributed by atoms with Gasteiger partial charge in [0, 0.05) is 33.2 Å². The molecule has 0 aromatic heterocycles. The molecule has 0 atom stereocenters. The maximum Gasteiger partial charge on any atom is 0.246 e. The van der Waals surface area contributed by atoms with E-state index >= 15 is 0 Å². The predicted octanol–water partition coefficient (Wildman–Crippen LogP) is -0.122. The van der Waals surface area contributed by atoms with Gasteiger partial charge in [-0.05, 0) is 12.1 Å². The zero-order chi connectivity index (χ0) is 15.5. The lowest BCUT2D eigenvalue weighted by Crippen LogP contribution is -2.49. The van der Waals surface area contributed by atoms with Crippen molar-refractivity contribution < 1.29 is 17.6 Å². The third-order valence-electron chi connectivity index (χ3n) is 3.35. The summed E-state index contributed by atoms with van der Waals surface area (Å²) < 4.78 is 39.1. The fraction of sp³-hybridized carbons (Fsp3) is 0.462. The normalized spacial score (nSPS) is 16.2. The van der Waals surface area contributed by atoms with Gasteiger partial charge < -0.3 is 10.2 Å². The molecule has 1 amide bonds. The molecular formula is C13H18FN3O3S. The molecule has 0 aliphatic carbocycles. The summed E-state index contributed by atoms with van der Waals surface area (Å²) in [6, 6.07) is 5.14. The molecule has 116 valence electrons. The van der Waals surface area contributed by atoms with E-state index in [0.717, 1.165) is 10.4 Å². The van der Waals surface area contributed by atoms with Gasteiger partial charge >= 0.3 is 0 Å². The molecule has 1 fully saturated rings.